The van der Waals surface area contributed by atoms with Gasteiger partial charge in [0.15, 0.2) is 0 Å². The van der Waals surface area contributed by atoms with Gasteiger partial charge in [0.2, 0.25) is 0 Å². The van der Waals surface area contributed by atoms with Crippen LogP contribution in [0.4, 0.5) is 5.69 Å². The summed E-state index contributed by atoms with van der Waals surface area (Å²) in [5.41, 5.74) is 7.30. The largest absolute Gasteiger partial charge is 0.497 e. The van der Waals surface area contributed by atoms with Crippen LogP contribution >= 0.6 is 0 Å². The van der Waals surface area contributed by atoms with Crippen molar-refractivity contribution in [1.82, 2.24) is 4.90 Å². The van der Waals surface area contributed by atoms with Crippen molar-refractivity contribution in [3.05, 3.63) is 24.3 Å². The minimum Gasteiger partial charge on any atom is -0.497 e. The van der Waals surface area contributed by atoms with Crippen molar-refractivity contribution >= 4 is 5.69 Å². The second-order valence-electron chi connectivity index (χ2n) is 5.55. The molecule has 21 heavy (non-hydrogen) atoms. The van der Waals surface area contributed by atoms with E-state index in [0.29, 0.717) is 0 Å². The Morgan fingerprint density at radius 2 is 2.00 bits per heavy atom. The number of aliphatic hydroxyl groups is 1. The summed E-state index contributed by atoms with van der Waals surface area (Å²) in [5.74, 6) is 0.885. The van der Waals surface area contributed by atoms with E-state index in [9.17, 15) is 5.11 Å². The molecule has 1 aromatic carbocycles. The van der Waals surface area contributed by atoms with Gasteiger partial charge in [-0.2, -0.15) is 0 Å². The van der Waals surface area contributed by atoms with E-state index >= 15 is 0 Å². The predicted molar refractivity (Wildman–Crippen MR) is 85.9 cm³/mol. The Balaban J connectivity index is 1.96. The topological polar surface area (TPSA) is 62.0 Å². The molecule has 0 aliphatic carbocycles. The first-order valence-corrected chi connectivity index (χ1v) is 7.69. The van der Waals surface area contributed by atoms with Gasteiger partial charge in [-0.15, -0.1) is 0 Å². The molecule has 1 fully saturated rings. The van der Waals surface area contributed by atoms with E-state index in [-0.39, 0.29) is 18.7 Å². The molecule has 1 aromatic rings. The number of anilines is 1. The summed E-state index contributed by atoms with van der Waals surface area (Å²) in [4.78, 5) is 4.66. The van der Waals surface area contributed by atoms with Crippen LogP contribution in [0.2, 0.25) is 0 Å². The molecular weight excluding hydrogens is 266 g/mol. The van der Waals surface area contributed by atoms with Crippen LogP contribution in [0.15, 0.2) is 24.3 Å². The van der Waals surface area contributed by atoms with Crippen LogP contribution in [0, 0.1) is 0 Å². The van der Waals surface area contributed by atoms with Gasteiger partial charge in [-0.1, -0.05) is 13.0 Å². The molecule has 0 bridgehead atoms. The molecule has 0 spiro atoms. The van der Waals surface area contributed by atoms with Crippen molar-refractivity contribution in [2.45, 2.75) is 25.4 Å². The smallest absolute Gasteiger partial charge is 0.120 e. The number of rotatable bonds is 6. The molecular formula is C16H27N3O2. The van der Waals surface area contributed by atoms with Gasteiger partial charge in [-0.3, -0.25) is 4.90 Å². The fraction of sp³-hybridized carbons (Fsp3) is 0.625. The lowest BCUT2D eigenvalue weighted by atomic mass is 10.0. The minimum atomic E-state index is 0.0402. The maximum absolute atomic E-state index is 9.58. The summed E-state index contributed by atoms with van der Waals surface area (Å²) >= 11 is 0. The molecule has 1 saturated heterocycles. The predicted octanol–water partition coefficient (Wildman–Crippen LogP) is 0.915. The average molecular weight is 293 g/mol. The van der Waals surface area contributed by atoms with Crippen LogP contribution in [0.5, 0.6) is 5.75 Å². The van der Waals surface area contributed by atoms with Crippen molar-refractivity contribution < 1.29 is 9.84 Å². The van der Waals surface area contributed by atoms with Gasteiger partial charge in [-0.25, -0.2) is 0 Å². The van der Waals surface area contributed by atoms with Crippen LogP contribution in [0.1, 0.15) is 13.3 Å². The van der Waals surface area contributed by atoms with Crippen LogP contribution in [-0.2, 0) is 0 Å². The summed E-state index contributed by atoms with van der Waals surface area (Å²) in [7, 11) is 1.69. The van der Waals surface area contributed by atoms with Gasteiger partial charge in [0.05, 0.1) is 13.7 Å². The quantitative estimate of drug-likeness (QED) is 0.816. The summed E-state index contributed by atoms with van der Waals surface area (Å²) in [5, 5.41) is 9.58. The molecule has 1 heterocycles. The van der Waals surface area contributed by atoms with Crippen molar-refractivity contribution in [2.75, 3.05) is 44.8 Å². The molecule has 5 heteroatoms. The van der Waals surface area contributed by atoms with Gasteiger partial charge >= 0.3 is 0 Å². The highest BCUT2D eigenvalue weighted by atomic mass is 16.5. The van der Waals surface area contributed by atoms with Gasteiger partial charge in [0, 0.05) is 50.0 Å². The van der Waals surface area contributed by atoms with Gasteiger partial charge in [0.1, 0.15) is 5.75 Å². The summed E-state index contributed by atoms with van der Waals surface area (Å²) < 4.78 is 5.28. The molecule has 2 atom stereocenters. The van der Waals surface area contributed by atoms with E-state index < -0.39 is 0 Å². The van der Waals surface area contributed by atoms with Gasteiger partial charge in [-0.05, 0) is 18.6 Å². The van der Waals surface area contributed by atoms with Crippen molar-refractivity contribution in [2.24, 2.45) is 5.73 Å². The highest BCUT2D eigenvalue weighted by Gasteiger charge is 2.27. The Hall–Kier alpha value is -1.30. The number of nitrogens with zero attached hydrogens (tertiary/aromatic N) is 2. The number of piperazine rings is 1. The first-order chi connectivity index (χ1) is 10.2. The summed E-state index contributed by atoms with van der Waals surface area (Å²) in [6.45, 7) is 5.94. The molecule has 1 aliphatic rings. The number of nitrogens with two attached hydrogens (primary N) is 1. The summed E-state index contributed by atoms with van der Waals surface area (Å²) in [6, 6.07) is 8.27. The van der Waals surface area contributed by atoms with E-state index in [0.717, 1.165) is 38.3 Å². The SMILES string of the molecule is CCC(N)C(CO)N1CCN(c2cccc(OC)c2)CC1. The lowest BCUT2D eigenvalue weighted by molar-refractivity contribution is 0.0973. The highest BCUT2D eigenvalue weighted by molar-refractivity contribution is 5.51. The lowest BCUT2D eigenvalue weighted by Crippen LogP contribution is -2.57. The van der Waals surface area contributed by atoms with Crippen LogP contribution in [0.3, 0.4) is 0 Å². The molecule has 2 unspecified atom stereocenters. The fourth-order valence-corrected chi connectivity index (χ4v) is 2.91. The fourth-order valence-electron chi connectivity index (χ4n) is 2.91. The van der Waals surface area contributed by atoms with Gasteiger partial charge in [0.25, 0.3) is 0 Å². The Morgan fingerprint density at radius 3 is 2.57 bits per heavy atom. The standard InChI is InChI=1S/C16H27N3O2/c1-3-15(17)16(12-20)19-9-7-18(8-10-19)13-5-4-6-14(11-13)21-2/h4-6,11,15-16,20H,3,7-10,12,17H2,1-2H3. The van der Waals surface area contributed by atoms with Gasteiger partial charge < -0.3 is 20.5 Å². The molecule has 5 nitrogen and oxygen atoms in total. The van der Waals surface area contributed by atoms with E-state index in [1.807, 2.05) is 12.1 Å². The molecule has 0 aromatic heterocycles. The average Bonchev–Trinajstić information content (AvgIpc) is 2.56. The molecule has 0 saturated carbocycles. The first-order valence-electron chi connectivity index (χ1n) is 7.69. The Bertz CT molecular complexity index is 433. The Kier molecular flexibility index (Phi) is 5.85. The molecule has 2 rings (SSSR count). The second-order valence-corrected chi connectivity index (χ2v) is 5.55. The van der Waals surface area contributed by atoms with Crippen LogP contribution in [-0.4, -0.2) is 62.0 Å². The lowest BCUT2D eigenvalue weighted by Gasteiger charge is -2.41. The molecule has 0 radical (unpaired) electrons. The van der Waals surface area contributed by atoms with Crippen molar-refractivity contribution in [3.63, 3.8) is 0 Å². The molecule has 1 aliphatic heterocycles. The highest BCUT2D eigenvalue weighted by Crippen LogP contribution is 2.22. The normalized spacial score (nSPS) is 19.3. The van der Waals surface area contributed by atoms with Crippen molar-refractivity contribution in [3.8, 4) is 5.75 Å². The van der Waals surface area contributed by atoms with E-state index in [2.05, 4.69) is 28.9 Å². The van der Waals surface area contributed by atoms with E-state index in [1.165, 1.54) is 5.69 Å². The zero-order valence-electron chi connectivity index (χ0n) is 13.0. The monoisotopic (exact) mass is 293 g/mol. The third kappa shape index (κ3) is 3.87. The summed E-state index contributed by atoms with van der Waals surface area (Å²) in [6.07, 6.45) is 0.890. The number of ether oxygens (including phenoxy) is 1. The minimum absolute atomic E-state index is 0.0402. The number of methoxy groups -OCH3 is 1. The zero-order valence-corrected chi connectivity index (χ0v) is 13.0. The zero-order chi connectivity index (χ0) is 15.2. The number of aliphatic hydroxyl groups excluding tert-OH is 1. The Labute approximate surface area is 127 Å². The van der Waals surface area contributed by atoms with Crippen molar-refractivity contribution in [1.29, 1.82) is 0 Å². The number of hydrogen-bond acceptors (Lipinski definition) is 5. The number of hydrogen-bond donors (Lipinski definition) is 2. The van der Waals surface area contributed by atoms with Crippen LogP contribution < -0.4 is 15.4 Å². The maximum atomic E-state index is 9.58. The molecule has 0 amide bonds. The first kappa shape index (κ1) is 16.1. The molecule has 118 valence electrons. The van der Waals surface area contributed by atoms with E-state index in [1.54, 1.807) is 7.11 Å². The third-order valence-electron chi connectivity index (χ3n) is 4.35. The molecule has 3 N–H and O–H groups in total. The number of benzene rings is 1. The Morgan fingerprint density at radius 1 is 1.29 bits per heavy atom. The second kappa shape index (κ2) is 7.64. The van der Waals surface area contributed by atoms with Crippen LogP contribution in [0.25, 0.3) is 0 Å². The third-order valence-corrected chi connectivity index (χ3v) is 4.35. The van der Waals surface area contributed by atoms with E-state index in [4.69, 9.17) is 10.5 Å². The maximum Gasteiger partial charge on any atom is 0.120 e.